The first-order valence-electron chi connectivity index (χ1n) is 10.3. The van der Waals surface area contributed by atoms with Crippen molar-refractivity contribution < 1.29 is 4.79 Å². The van der Waals surface area contributed by atoms with Crippen molar-refractivity contribution in [1.29, 1.82) is 0 Å². The topological polar surface area (TPSA) is 52.6 Å². The van der Waals surface area contributed by atoms with E-state index >= 15 is 0 Å². The second-order valence-corrected chi connectivity index (χ2v) is 7.93. The summed E-state index contributed by atoms with van der Waals surface area (Å²) in [7, 11) is 0. The van der Waals surface area contributed by atoms with Gasteiger partial charge < -0.3 is 14.7 Å². The predicted molar refractivity (Wildman–Crippen MR) is 117 cm³/mol. The van der Waals surface area contributed by atoms with E-state index in [4.69, 9.17) is 11.6 Å². The van der Waals surface area contributed by atoms with Crippen LogP contribution in [0.15, 0.2) is 42.5 Å². The van der Waals surface area contributed by atoms with E-state index < -0.39 is 0 Å². The zero-order valence-corrected chi connectivity index (χ0v) is 17.3. The van der Waals surface area contributed by atoms with Crippen LogP contribution in [0.5, 0.6) is 0 Å². The van der Waals surface area contributed by atoms with Gasteiger partial charge in [0.1, 0.15) is 0 Å². The molecule has 0 atom stereocenters. The van der Waals surface area contributed by atoms with Gasteiger partial charge in [0.2, 0.25) is 5.91 Å². The van der Waals surface area contributed by atoms with Crippen molar-refractivity contribution in [3.63, 3.8) is 0 Å². The first-order chi connectivity index (χ1) is 14.2. The summed E-state index contributed by atoms with van der Waals surface area (Å²) in [6, 6.07) is 11.6. The summed E-state index contributed by atoms with van der Waals surface area (Å²) in [4.78, 5) is 18.8. The number of piperazine rings is 1. The molecule has 2 aromatic rings. The number of hydrogen-bond acceptors (Lipinski definition) is 5. The lowest BCUT2D eigenvalue weighted by atomic mass is 10.1. The Kier molecular flexibility index (Phi) is 6.30. The average molecular weight is 412 g/mol. The Morgan fingerprint density at radius 3 is 1.97 bits per heavy atom. The van der Waals surface area contributed by atoms with Crippen molar-refractivity contribution in [3.05, 3.63) is 53.1 Å². The number of carbonyl (C=O) groups excluding carboxylic acids is 1. The Labute approximate surface area is 176 Å². The zero-order valence-electron chi connectivity index (χ0n) is 16.5. The van der Waals surface area contributed by atoms with Gasteiger partial charge in [0.15, 0.2) is 11.6 Å². The van der Waals surface area contributed by atoms with Gasteiger partial charge in [-0.3, -0.25) is 4.79 Å². The number of carbonyl (C=O) groups is 1. The molecule has 0 unspecified atom stereocenters. The molecule has 0 aliphatic carbocycles. The molecule has 2 aliphatic heterocycles. The van der Waals surface area contributed by atoms with Gasteiger partial charge in [0.05, 0.1) is 0 Å². The molecule has 1 aromatic heterocycles. The normalized spacial score (nSPS) is 17.8. The quantitative estimate of drug-likeness (QED) is 0.721. The minimum absolute atomic E-state index is 0.0335. The molecule has 0 bridgehead atoms. The van der Waals surface area contributed by atoms with Crippen LogP contribution in [0.4, 0.5) is 11.6 Å². The van der Waals surface area contributed by atoms with E-state index in [1.54, 1.807) is 6.08 Å². The average Bonchev–Trinajstić information content (AvgIpc) is 2.79. The SMILES string of the molecule is O=C(/C=C/c1ccc(Cl)cc1)N1CCN(c2ccc(N3CCCCC3)nn2)CC1. The number of halogens is 1. The molecular weight excluding hydrogens is 386 g/mol. The first-order valence-corrected chi connectivity index (χ1v) is 10.6. The van der Waals surface area contributed by atoms with E-state index in [1.165, 1.54) is 19.3 Å². The molecule has 1 aromatic carbocycles. The monoisotopic (exact) mass is 411 g/mol. The zero-order chi connectivity index (χ0) is 20.1. The summed E-state index contributed by atoms with van der Waals surface area (Å²) < 4.78 is 0. The lowest BCUT2D eigenvalue weighted by Crippen LogP contribution is -2.48. The van der Waals surface area contributed by atoms with E-state index in [9.17, 15) is 4.79 Å². The van der Waals surface area contributed by atoms with Crippen LogP contribution in [-0.2, 0) is 4.79 Å². The fraction of sp³-hybridized carbons (Fsp3) is 0.409. The highest BCUT2D eigenvalue weighted by Gasteiger charge is 2.21. The molecule has 0 N–H and O–H groups in total. The van der Waals surface area contributed by atoms with E-state index in [0.717, 1.165) is 43.4 Å². The van der Waals surface area contributed by atoms with E-state index in [2.05, 4.69) is 32.1 Å². The number of anilines is 2. The summed E-state index contributed by atoms with van der Waals surface area (Å²) in [5.74, 6) is 1.88. The third kappa shape index (κ3) is 5.07. The third-order valence-corrected chi connectivity index (χ3v) is 5.77. The molecule has 152 valence electrons. The van der Waals surface area contributed by atoms with Crippen molar-refractivity contribution in [3.8, 4) is 0 Å². The lowest BCUT2D eigenvalue weighted by Gasteiger charge is -2.35. The Morgan fingerprint density at radius 2 is 1.38 bits per heavy atom. The number of amides is 1. The Balaban J connectivity index is 1.29. The highest BCUT2D eigenvalue weighted by atomic mass is 35.5. The molecule has 3 heterocycles. The summed E-state index contributed by atoms with van der Waals surface area (Å²) >= 11 is 5.89. The molecule has 4 rings (SSSR count). The van der Waals surface area contributed by atoms with Gasteiger partial charge in [-0.25, -0.2) is 0 Å². The van der Waals surface area contributed by atoms with Crippen LogP contribution < -0.4 is 9.80 Å². The van der Waals surface area contributed by atoms with Crippen LogP contribution in [0.1, 0.15) is 24.8 Å². The van der Waals surface area contributed by atoms with E-state index in [0.29, 0.717) is 18.1 Å². The van der Waals surface area contributed by atoms with Crippen LogP contribution in [-0.4, -0.2) is 60.3 Å². The molecule has 0 radical (unpaired) electrons. The molecule has 2 saturated heterocycles. The molecule has 2 aliphatic rings. The number of aromatic nitrogens is 2. The maximum atomic E-state index is 12.5. The summed E-state index contributed by atoms with van der Waals surface area (Å²) in [6.45, 7) is 5.02. The van der Waals surface area contributed by atoms with Gasteiger partial charge in [-0.2, -0.15) is 0 Å². The molecule has 1 amide bonds. The van der Waals surface area contributed by atoms with Crippen molar-refractivity contribution in [2.45, 2.75) is 19.3 Å². The molecule has 0 saturated carbocycles. The molecule has 7 heteroatoms. The van der Waals surface area contributed by atoms with E-state index in [-0.39, 0.29) is 5.91 Å². The Hall–Kier alpha value is -2.60. The molecule has 6 nitrogen and oxygen atoms in total. The number of rotatable bonds is 4. The smallest absolute Gasteiger partial charge is 0.246 e. The fourth-order valence-electron chi connectivity index (χ4n) is 3.78. The van der Waals surface area contributed by atoms with Gasteiger partial charge in [-0.05, 0) is 55.2 Å². The standard InChI is InChI=1S/C22H26ClN5O/c23-19-7-4-18(5-8-19)6-11-22(29)28-16-14-27(15-17-28)21-10-9-20(24-25-21)26-12-2-1-3-13-26/h4-11H,1-3,12-17H2/b11-6+. The number of hydrogen-bond donors (Lipinski definition) is 0. The first kappa shape index (κ1) is 19.7. The van der Waals surface area contributed by atoms with Crippen molar-refractivity contribution >= 4 is 35.2 Å². The largest absolute Gasteiger partial charge is 0.355 e. The predicted octanol–water partition coefficient (Wildman–Crippen LogP) is 3.48. The van der Waals surface area contributed by atoms with Gasteiger partial charge in [0.25, 0.3) is 0 Å². The second kappa shape index (κ2) is 9.27. The van der Waals surface area contributed by atoms with Crippen LogP contribution in [0.3, 0.4) is 0 Å². The van der Waals surface area contributed by atoms with Crippen LogP contribution in [0, 0.1) is 0 Å². The van der Waals surface area contributed by atoms with Crippen LogP contribution in [0.25, 0.3) is 6.08 Å². The molecule has 29 heavy (non-hydrogen) atoms. The van der Waals surface area contributed by atoms with Crippen LogP contribution >= 0.6 is 11.6 Å². The Bertz CT molecular complexity index is 839. The van der Waals surface area contributed by atoms with Gasteiger partial charge in [0, 0.05) is 50.4 Å². The summed E-state index contributed by atoms with van der Waals surface area (Å²) in [6.07, 6.45) is 7.22. The molecular formula is C22H26ClN5O. The minimum Gasteiger partial charge on any atom is -0.355 e. The van der Waals surface area contributed by atoms with Gasteiger partial charge in [-0.1, -0.05) is 23.7 Å². The van der Waals surface area contributed by atoms with Crippen molar-refractivity contribution in [2.75, 3.05) is 49.1 Å². The maximum absolute atomic E-state index is 12.5. The second-order valence-electron chi connectivity index (χ2n) is 7.49. The number of benzene rings is 1. The van der Waals surface area contributed by atoms with Crippen molar-refractivity contribution in [2.24, 2.45) is 0 Å². The lowest BCUT2D eigenvalue weighted by molar-refractivity contribution is -0.126. The fourth-order valence-corrected chi connectivity index (χ4v) is 3.91. The number of nitrogens with zero attached hydrogens (tertiary/aromatic N) is 5. The van der Waals surface area contributed by atoms with Gasteiger partial charge >= 0.3 is 0 Å². The van der Waals surface area contributed by atoms with E-state index in [1.807, 2.05) is 35.2 Å². The number of piperidine rings is 1. The maximum Gasteiger partial charge on any atom is 0.246 e. The minimum atomic E-state index is 0.0335. The van der Waals surface area contributed by atoms with Crippen LogP contribution in [0.2, 0.25) is 5.02 Å². The summed E-state index contributed by atoms with van der Waals surface area (Å²) in [5.41, 5.74) is 0.963. The van der Waals surface area contributed by atoms with Gasteiger partial charge in [-0.15, -0.1) is 10.2 Å². The highest BCUT2D eigenvalue weighted by Crippen LogP contribution is 2.20. The third-order valence-electron chi connectivity index (χ3n) is 5.52. The summed E-state index contributed by atoms with van der Waals surface area (Å²) in [5, 5.41) is 9.56. The van der Waals surface area contributed by atoms with Crippen molar-refractivity contribution in [1.82, 2.24) is 15.1 Å². The highest BCUT2D eigenvalue weighted by molar-refractivity contribution is 6.30. The molecule has 0 spiro atoms. The Morgan fingerprint density at radius 1 is 0.793 bits per heavy atom. The molecule has 2 fully saturated rings.